The topological polar surface area (TPSA) is 48.4 Å². The molecule has 0 unspecified atom stereocenters. The molecular formula is C11H10BrNO2. The highest BCUT2D eigenvalue weighted by atomic mass is 79.9. The van der Waals surface area contributed by atoms with Gasteiger partial charge in [-0.25, -0.2) is 0 Å². The summed E-state index contributed by atoms with van der Waals surface area (Å²) in [7, 11) is 1.62. The zero-order valence-electron chi connectivity index (χ0n) is 8.16. The lowest BCUT2D eigenvalue weighted by Crippen LogP contribution is -1.90. The van der Waals surface area contributed by atoms with Gasteiger partial charge < -0.3 is 14.9 Å². The van der Waals surface area contributed by atoms with Crippen LogP contribution in [0.2, 0.25) is 0 Å². The Morgan fingerprint density at radius 3 is 2.67 bits per heavy atom. The Hall–Kier alpha value is -1.42. The number of benzene rings is 1. The average molecular weight is 268 g/mol. The van der Waals surface area contributed by atoms with E-state index in [1.807, 2.05) is 24.3 Å². The van der Waals surface area contributed by atoms with Gasteiger partial charge in [0.1, 0.15) is 11.5 Å². The fourth-order valence-electron chi connectivity index (χ4n) is 1.38. The number of nitrogens with two attached hydrogens (primary N) is 1. The molecule has 2 rings (SSSR count). The van der Waals surface area contributed by atoms with E-state index in [1.54, 1.807) is 13.2 Å². The molecule has 1 heterocycles. The molecule has 78 valence electrons. The van der Waals surface area contributed by atoms with Crippen LogP contribution in [0, 0.1) is 0 Å². The summed E-state index contributed by atoms with van der Waals surface area (Å²) < 4.78 is 11.4. The summed E-state index contributed by atoms with van der Waals surface area (Å²) in [4.78, 5) is 0. The molecule has 0 spiro atoms. The van der Waals surface area contributed by atoms with Crippen LogP contribution >= 0.6 is 15.9 Å². The third kappa shape index (κ3) is 1.99. The summed E-state index contributed by atoms with van der Waals surface area (Å²) in [6.07, 6.45) is 0. The average Bonchev–Trinajstić information content (AvgIpc) is 2.65. The van der Waals surface area contributed by atoms with Crippen molar-refractivity contribution in [1.82, 2.24) is 0 Å². The molecule has 0 aliphatic heterocycles. The second-order valence-electron chi connectivity index (χ2n) is 3.06. The van der Waals surface area contributed by atoms with Gasteiger partial charge >= 0.3 is 0 Å². The van der Waals surface area contributed by atoms with Crippen molar-refractivity contribution < 1.29 is 9.15 Å². The van der Waals surface area contributed by atoms with Gasteiger partial charge in [-0.15, -0.1) is 0 Å². The Kier molecular flexibility index (Phi) is 2.68. The predicted molar refractivity (Wildman–Crippen MR) is 62.8 cm³/mol. The Balaban J connectivity index is 2.55. The Bertz CT molecular complexity index is 479. The number of anilines is 1. The van der Waals surface area contributed by atoms with Gasteiger partial charge in [-0.1, -0.05) is 0 Å². The molecule has 0 atom stereocenters. The third-order valence-electron chi connectivity index (χ3n) is 2.06. The number of halogens is 1. The van der Waals surface area contributed by atoms with Crippen molar-refractivity contribution in [3.8, 4) is 17.1 Å². The first-order chi connectivity index (χ1) is 7.20. The molecule has 0 bridgehead atoms. The molecule has 15 heavy (non-hydrogen) atoms. The van der Waals surface area contributed by atoms with Crippen molar-refractivity contribution in [2.24, 2.45) is 0 Å². The maximum absolute atomic E-state index is 5.72. The second kappa shape index (κ2) is 3.98. The minimum absolute atomic E-state index is 0.679. The highest BCUT2D eigenvalue weighted by Gasteiger charge is 2.09. The van der Waals surface area contributed by atoms with Gasteiger partial charge in [-0.05, 0) is 46.3 Å². The highest BCUT2D eigenvalue weighted by Crippen LogP contribution is 2.33. The van der Waals surface area contributed by atoms with Gasteiger partial charge in [-0.3, -0.25) is 0 Å². The van der Waals surface area contributed by atoms with Crippen LogP contribution in [0.15, 0.2) is 39.4 Å². The predicted octanol–water partition coefficient (Wildman–Crippen LogP) is 3.30. The molecule has 0 saturated heterocycles. The summed E-state index contributed by atoms with van der Waals surface area (Å²) >= 11 is 3.26. The number of hydrogen-bond acceptors (Lipinski definition) is 3. The summed E-state index contributed by atoms with van der Waals surface area (Å²) in [6.45, 7) is 0. The van der Waals surface area contributed by atoms with E-state index < -0.39 is 0 Å². The van der Waals surface area contributed by atoms with Gasteiger partial charge in [0, 0.05) is 5.69 Å². The van der Waals surface area contributed by atoms with Crippen LogP contribution < -0.4 is 10.5 Å². The first-order valence-electron chi connectivity index (χ1n) is 4.40. The maximum Gasteiger partial charge on any atom is 0.169 e. The van der Waals surface area contributed by atoms with Gasteiger partial charge in [0.25, 0.3) is 0 Å². The molecule has 2 N–H and O–H groups in total. The van der Waals surface area contributed by atoms with Crippen LogP contribution in [0.25, 0.3) is 11.3 Å². The SMILES string of the molecule is COc1ccc(N)cc1-c1ccc(Br)o1. The highest BCUT2D eigenvalue weighted by molar-refractivity contribution is 9.10. The second-order valence-corrected chi connectivity index (χ2v) is 3.85. The molecular weight excluding hydrogens is 258 g/mol. The molecule has 1 aromatic heterocycles. The van der Waals surface area contributed by atoms with Crippen molar-refractivity contribution in [2.45, 2.75) is 0 Å². The fraction of sp³-hybridized carbons (Fsp3) is 0.0909. The monoisotopic (exact) mass is 267 g/mol. The molecule has 0 fully saturated rings. The van der Waals surface area contributed by atoms with Crippen LogP contribution in [0.4, 0.5) is 5.69 Å². The normalized spacial score (nSPS) is 10.3. The van der Waals surface area contributed by atoms with E-state index in [0.29, 0.717) is 10.4 Å². The first kappa shape index (κ1) is 10.1. The maximum atomic E-state index is 5.72. The first-order valence-corrected chi connectivity index (χ1v) is 5.19. The summed E-state index contributed by atoms with van der Waals surface area (Å²) in [5.41, 5.74) is 7.25. The lowest BCUT2D eigenvalue weighted by Gasteiger charge is -2.06. The Morgan fingerprint density at radius 1 is 1.27 bits per heavy atom. The molecule has 0 saturated carbocycles. The van der Waals surface area contributed by atoms with Crippen molar-refractivity contribution in [3.63, 3.8) is 0 Å². The molecule has 0 aliphatic carbocycles. The van der Waals surface area contributed by atoms with E-state index in [-0.39, 0.29) is 0 Å². The summed E-state index contributed by atoms with van der Waals surface area (Å²) in [5, 5.41) is 0. The molecule has 0 amide bonds. The number of nitrogen functional groups attached to an aromatic ring is 1. The van der Waals surface area contributed by atoms with Gasteiger partial charge in [0.2, 0.25) is 0 Å². The molecule has 1 aromatic carbocycles. The Morgan fingerprint density at radius 2 is 2.07 bits per heavy atom. The molecule has 0 radical (unpaired) electrons. The van der Waals surface area contributed by atoms with Crippen molar-refractivity contribution in [2.75, 3.05) is 12.8 Å². The van der Waals surface area contributed by atoms with Crippen molar-refractivity contribution >= 4 is 21.6 Å². The van der Waals surface area contributed by atoms with E-state index in [1.165, 1.54) is 0 Å². The number of hydrogen-bond donors (Lipinski definition) is 1. The zero-order valence-corrected chi connectivity index (χ0v) is 9.74. The van der Waals surface area contributed by atoms with Gasteiger partial charge in [-0.2, -0.15) is 0 Å². The zero-order chi connectivity index (χ0) is 10.8. The summed E-state index contributed by atoms with van der Waals surface area (Å²) in [6, 6.07) is 9.13. The van der Waals surface area contributed by atoms with Crippen LogP contribution in [0.5, 0.6) is 5.75 Å². The number of rotatable bonds is 2. The third-order valence-corrected chi connectivity index (χ3v) is 2.49. The van der Waals surface area contributed by atoms with Gasteiger partial charge in [0.05, 0.1) is 12.7 Å². The van der Waals surface area contributed by atoms with Crippen molar-refractivity contribution in [3.05, 3.63) is 35.0 Å². The molecule has 3 nitrogen and oxygen atoms in total. The number of methoxy groups -OCH3 is 1. The molecule has 2 aromatic rings. The lowest BCUT2D eigenvalue weighted by atomic mass is 10.1. The van der Waals surface area contributed by atoms with Crippen LogP contribution in [-0.4, -0.2) is 7.11 Å². The van der Waals surface area contributed by atoms with Gasteiger partial charge in [0.15, 0.2) is 4.67 Å². The van der Waals surface area contributed by atoms with Crippen LogP contribution in [0.3, 0.4) is 0 Å². The lowest BCUT2D eigenvalue weighted by molar-refractivity contribution is 0.414. The quantitative estimate of drug-likeness (QED) is 0.850. The fourth-order valence-corrected chi connectivity index (χ4v) is 1.68. The largest absolute Gasteiger partial charge is 0.496 e. The van der Waals surface area contributed by atoms with E-state index in [0.717, 1.165) is 17.1 Å². The van der Waals surface area contributed by atoms with Crippen molar-refractivity contribution in [1.29, 1.82) is 0 Å². The number of ether oxygens (including phenoxy) is 1. The van der Waals surface area contributed by atoms with E-state index in [9.17, 15) is 0 Å². The van der Waals surface area contributed by atoms with E-state index >= 15 is 0 Å². The molecule has 0 aliphatic rings. The minimum Gasteiger partial charge on any atom is -0.496 e. The standard InChI is InChI=1S/C11H10BrNO2/c1-14-9-3-2-7(13)6-8(9)10-4-5-11(12)15-10/h2-6H,13H2,1H3. The Labute approximate surface area is 96.0 Å². The molecule has 4 heteroatoms. The smallest absolute Gasteiger partial charge is 0.169 e. The number of furan rings is 1. The van der Waals surface area contributed by atoms with Crippen LogP contribution in [-0.2, 0) is 0 Å². The van der Waals surface area contributed by atoms with E-state index in [4.69, 9.17) is 14.9 Å². The van der Waals surface area contributed by atoms with Crippen LogP contribution in [0.1, 0.15) is 0 Å². The minimum atomic E-state index is 0.679. The summed E-state index contributed by atoms with van der Waals surface area (Å²) in [5.74, 6) is 1.47. The van der Waals surface area contributed by atoms with E-state index in [2.05, 4.69) is 15.9 Å².